The summed E-state index contributed by atoms with van der Waals surface area (Å²) in [6.07, 6.45) is 2.79. The van der Waals surface area contributed by atoms with Crippen molar-refractivity contribution in [2.45, 2.75) is 12.5 Å². The Balaban J connectivity index is 1.89. The lowest BCUT2D eigenvalue weighted by Gasteiger charge is -2.37. The smallest absolute Gasteiger partial charge is 0.0838 e. The summed E-state index contributed by atoms with van der Waals surface area (Å²) in [6, 6.07) is 15.1. The lowest BCUT2D eigenvalue weighted by molar-refractivity contribution is 0.482. The summed E-state index contributed by atoms with van der Waals surface area (Å²) in [5.74, 6) is 0. The van der Waals surface area contributed by atoms with Gasteiger partial charge in [0.05, 0.1) is 11.7 Å². The van der Waals surface area contributed by atoms with Gasteiger partial charge in [-0.1, -0.05) is 18.2 Å². The molecule has 2 aromatic rings. The second kappa shape index (κ2) is 6.70. The predicted molar refractivity (Wildman–Crippen MR) is 86.4 cm³/mol. The number of nitrogens with one attached hydrogen (secondary N) is 1. The van der Waals surface area contributed by atoms with E-state index in [1.165, 1.54) is 11.3 Å². The van der Waals surface area contributed by atoms with Crippen LogP contribution in [-0.2, 0) is 6.42 Å². The Kier molecular flexibility index (Phi) is 4.48. The predicted octanol–water partition coefficient (Wildman–Crippen LogP) is 1.73. The molecule has 2 heterocycles. The quantitative estimate of drug-likeness (QED) is 0.897. The van der Waals surface area contributed by atoms with Crippen LogP contribution in [-0.4, -0.2) is 31.2 Å². The van der Waals surface area contributed by atoms with E-state index in [0.717, 1.165) is 31.7 Å². The molecule has 110 valence electrons. The highest BCUT2D eigenvalue weighted by Crippen LogP contribution is 2.27. The van der Waals surface area contributed by atoms with Crippen LogP contribution in [0.1, 0.15) is 17.3 Å². The van der Waals surface area contributed by atoms with Crippen LogP contribution < -0.4 is 16.0 Å². The highest BCUT2D eigenvalue weighted by atomic mass is 15.2. The average Bonchev–Trinajstić information content (AvgIpc) is 2.56. The van der Waals surface area contributed by atoms with E-state index in [9.17, 15) is 0 Å². The second-order valence-electron chi connectivity index (χ2n) is 5.38. The molecule has 3 rings (SSSR count). The van der Waals surface area contributed by atoms with Crippen molar-refractivity contribution in [1.29, 1.82) is 0 Å². The van der Waals surface area contributed by atoms with Crippen LogP contribution in [0.15, 0.2) is 48.7 Å². The van der Waals surface area contributed by atoms with Crippen LogP contribution in [0.2, 0.25) is 0 Å². The van der Waals surface area contributed by atoms with E-state index in [2.05, 4.69) is 51.6 Å². The van der Waals surface area contributed by atoms with E-state index in [1.54, 1.807) is 0 Å². The van der Waals surface area contributed by atoms with Crippen molar-refractivity contribution < 1.29 is 0 Å². The van der Waals surface area contributed by atoms with Crippen molar-refractivity contribution in [2.75, 3.05) is 31.1 Å². The Morgan fingerprint density at radius 1 is 1.24 bits per heavy atom. The Bertz CT molecular complexity index is 570. The molecule has 0 radical (unpaired) electrons. The monoisotopic (exact) mass is 282 g/mol. The normalized spacial score (nSPS) is 18.7. The summed E-state index contributed by atoms with van der Waals surface area (Å²) in [6.45, 7) is 3.62. The van der Waals surface area contributed by atoms with Gasteiger partial charge in [-0.25, -0.2) is 0 Å². The van der Waals surface area contributed by atoms with Gasteiger partial charge in [0.25, 0.3) is 0 Å². The van der Waals surface area contributed by atoms with Crippen LogP contribution in [0.3, 0.4) is 0 Å². The number of nitrogens with two attached hydrogens (primary N) is 1. The van der Waals surface area contributed by atoms with E-state index in [-0.39, 0.29) is 6.04 Å². The third-order valence-corrected chi connectivity index (χ3v) is 3.95. The molecular formula is C17H22N4. The first kappa shape index (κ1) is 14.0. The molecule has 0 aliphatic carbocycles. The first-order chi connectivity index (χ1) is 10.4. The lowest BCUT2D eigenvalue weighted by atomic mass is 10.1. The Morgan fingerprint density at radius 2 is 2.19 bits per heavy atom. The van der Waals surface area contributed by atoms with Crippen LogP contribution >= 0.6 is 0 Å². The maximum Gasteiger partial charge on any atom is 0.0838 e. The number of hydrogen-bond donors (Lipinski definition) is 2. The fraction of sp³-hybridized carbons (Fsp3) is 0.353. The highest BCUT2D eigenvalue weighted by molar-refractivity contribution is 5.51. The van der Waals surface area contributed by atoms with Gasteiger partial charge in [-0.2, -0.15) is 0 Å². The zero-order valence-corrected chi connectivity index (χ0v) is 12.2. The molecule has 1 fully saturated rings. The summed E-state index contributed by atoms with van der Waals surface area (Å²) in [4.78, 5) is 6.98. The molecule has 1 aliphatic rings. The van der Waals surface area contributed by atoms with E-state index in [4.69, 9.17) is 5.73 Å². The molecular weight excluding hydrogens is 260 g/mol. The summed E-state index contributed by atoms with van der Waals surface area (Å²) >= 11 is 0. The van der Waals surface area contributed by atoms with Gasteiger partial charge < -0.3 is 16.0 Å². The molecule has 4 nitrogen and oxygen atoms in total. The van der Waals surface area contributed by atoms with Crippen LogP contribution in [0, 0.1) is 0 Å². The fourth-order valence-electron chi connectivity index (χ4n) is 2.91. The Labute approximate surface area is 126 Å². The van der Waals surface area contributed by atoms with E-state index in [0.29, 0.717) is 6.54 Å². The second-order valence-corrected chi connectivity index (χ2v) is 5.38. The average molecular weight is 282 g/mol. The fourth-order valence-corrected chi connectivity index (χ4v) is 2.91. The minimum atomic E-state index is 0.285. The van der Waals surface area contributed by atoms with Crippen molar-refractivity contribution in [2.24, 2.45) is 5.73 Å². The van der Waals surface area contributed by atoms with E-state index in [1.807, 2.05) is 12.3 Å². The molecule has 1 atom stereocenters. The lowest BCUT2D eigenvalue weighted by Crippen LogP contribution is -2.46. The van der Waals surface area contributed by atoms with Crippen molar-refractivity contribution in [1.82, 2.24) is 10.3 Å². The largest absolute Gasteiger partial charge is 0.360 e. The minimum Gasteiger partial charge on any atom is -0.360 e. The first-order valence-corrected chi connectivity index (χ1v) is 7.56. The zero-order chi connectivity index (χ0) is 14.5. The molecule has 0 bridgehead atoms. The van der Waals surface area contributed by atoms with Gasteiger partial charge in [0.2, 0.25) is 0 Å². The Hall–Kier alpha value is -1.91. The number of nitrogens with zero attached hydrogens (tertiary/aromatic N) is 2. The first-order valence-electron chi connectivity index (χ1n) is 7.56. The number of benzene rings is 1. The maximum absolute atomic E-state index is 5.67. The van der Waals surface area contributed by atoms with Crippen LogP contribution in [0.5, 0.6) is 0 Å². The summed E-state index contributed by atoms with van der Waals surface area (Å²) in [5.41, 5.74) is 9.35. The van der Waals surface area contributed by atoms with Gasteiger partial charge in [0.1, 0.15) is 0 Å². The highest BCUT2D eigenvalue weighted by Gasteiger charge is 2.24. The van der Waals surface area contributed by atoms with Gasteiger partial charge in [0, 0.05) is 31.5 Å². The Morgan fingerprint density at radius 3 is 3.00 bits per heavy atom. The van der Waals surface area contributed by atoms with Crippen molar-refractivity contribution in [3.8, 4) is 0 Å². The molecule has 1 aromatic heterocycles. The molecule has 21 heavy (non-hydrogen) atoms. The number of pyridine rings is 1. The molecule has 1 aliphatic heterocycles. The molecule has 0 saturated carbocycles. The van der Waals surface area contributed by atoms with Gasteiger partial charge in [-0.05, 0) is 42.8 Å². The van der Waals surface area contributed by atoms with Crippen LogP contribution in [0.4, 0.5) is 5.69 Å². The molecule has 0 amide bonds. The summed E-state index contributed by atoms with van der Waals surface area (Å²) < 4.78 is 0. The zero-order valence-electron chi connectivity index (χ0n) is 12.2. The molecule has 1 aromatic carbocycles. The molecule has 3 N–H and O–H groups in total. The third kappa shape index (κ3) is 3.23. The van der Waals surface area contributed by atoms with E-state index < -0.39 is 0 Å². The molecule has 1 saturated heterocycles. The topological polar surface area (TPSA) is 54.2 Å². The maximum atomic E-state index is 5.67. The number of hydrogen-bond acceptors (Lipinski definition) is 4. The van der Waals surface area contributed by atoms with E-state index >= 15 is 0 Å². The number of aromatic nitrogens is 1. The molecule has 4 heteroatoms. The third-order valence-electron chi connectivity index (χ3n) is 3.95. The van der Waals surface area contributed by atoms with Crippen molar-refractivity contribution in [3.05, 3.63) is 59.9 Å². The van der Waals surface area contributed by atoms with Crippen molar-refractivity contribution >= 4 is 5.69 Å². The van der Waals surface area contributed by atoms with Crippen molar-refractivity contribution in [3.63, 3.8) is 0 Å². The van der Waals surface area contributed by atoms with Crippen LogP contribution in [0.25, 0.3) is 0 Å². The summed E-state index contributed by atoms with van der Waals surface area (Å²) in [7, 11) is 0. The SMILES string of the molecule is NCCc1cccc(N2CCNCC2c2ccccn2)c1. The van der Waals surface area contributed by atoms with Gasteiger partial charge >= 0.3 is 0 Å². The summed E-state index contributed by atoms with van der Waals surface area (Å²) in [5, 5.41) is 3.47. The van der Waals surface area contributed by atoms with Gasteiger partial charge in [-0.15, -0.1) is 0 Å². The molecule has 1 unspecified atom stereocenters. The van der Waals surface area contributed by atoms with Gasteiger partial charge in [-0.3, -0.25) is 4.98 Å². The van der Waals surface area contributed by atoms with Gasteiger partial charge in [0.15, 0.2) is 0 Å². The number of anilines is 1. The molecule has 0 spiro atoms. The standard InChI is InChI=1S/C17H22N4/c18-8-7-14-4-3-5-15(12-14)21-11-10-19-13-17(21)16-6-1-2-9-20-16/h1-6,9,12,17,19H,7-8,10-11,13,18H2. The number of piperazine rings is 1. The minimum absolute atomic E-state index is 0.285. The number of rotatable bonds is 4.